The molecule has 184 valence electrons. The molecule has 0 fully saturated rings. The van der Waals surface area contributed by atoms with E-state index in [9.17, 15) is 9.59 Å². The molecule has 1 aliphatic rings. The van der Waals surface area contributed by atoms with Crippen LogP contribution in [0.15, 0.2) is 36.1 Å². The van der Waals surface area contributed by atoms with Crippen molar-refractivity contribution < 1.29 is 19.1 Å². The summed E-state index contributed by atoms with van der Waals surface area (Å²) in [6.45, 7) is 6.22. The Hall–Kier alpha value is -4.53. The van der Waals surface area contributed by atoms with Gasteiger partial charge in [-0.3, -0.25) is 9.48 Å². The van der Waals surface area contributed by atoms with Gasteiger partial charge in [-0.1, -0.05) is 6.07 Å². The number of nitrogens with zero attached hydrogens (tertiary/aromatic N) is 2. The second-order valence-electron chi connectivity index (χ2n) is 8.94. The summed E-state index contributed by atoms with van der Waals surface area (Å²) in [7, 11) is 3.54. The Kier molecular flexibility index (Phi) is 5.55. The number of nitrogens with one attached hydrogen (secondary N) is 2. The van der Waals surface area contributed by atoms with Crippen LogP contribution < -0.4 is 20.5 Å². The molecule has 4 N–H and O–H groups in total. The highest BCUT2D eigenvalue weighted by Gasteiger charge is 2.29. The van der Waals surface area contributed by atoms with E-state index in [0.717, 1.165) is 56.0 Å². The fourth-order valence-corrected chi connectivity index (χ4v) is 4.73. The van der Waals surface area contributed by atoms with Gasteiger partial charge >= 0.3 is 6.03 Å². The highest BCUT2D eigenvalue weighted by molar-refractivity contribution is 6.16. The molecule has 5 rings (SSSR count). The van der Waals surface area contributed by atoms with Gasteiger partial charge in [-0.25, -0.2) is 4.79 Å². The summed E-state index contributed by atoms with van der Waals surface area (Å²) in [5.41, 5.74) is 12.8. The smallest absolute Gasteiger partial charge is 0.312 e. The van der Waals surface area contributed by atoms with Crippen molar-refractivity contribution >= 4 is 28.8 Å². The molecule has 9 heteroatoms. The summed E-state index contributed by atoms with van der Waals surface area (Å²) in [4.78, 5) is 28.0. The van der Waals surface area contributed by atoms with Gasteiger partial charge in [0.2, 0.25) is 5.78 Å². The van der Waals surface area contributed by atoms with Crippen molar-refractivity contribution in [3.63, 3.8) is 0 Å². The van der Waals surface area contributed by atoms with Gasteiger partial charge in [0, 0.05) is 41.3 Å². The number of fused-ring (bicyclic) bond motifs is 2. The first kappa shape index (κ1) is 23.2. The molecule has 0 spiro atoms. The van der Waals surface area contributed by atoms with Crippen LogP contribution in [0, 0.1) is 20.8 Å². The molecule has 0 aliphatic carbocycles. The van der Waals surface area contributed by atoms with Gasteiger partial charge in [-0.2, -0.15) is 5.10 Å². The van der Waals surface area contributed by atoms with E-state index in [2.05, 4.69) is 15.4 Å². The molecule has 0 saturated carbocycles. The number of methoxy groups -OCH3 is 1. The van der Waals surface area contributed by atoms with Crippen molar-refractivity contribution in [3.8, 4) is 22.8 Å². The van der Waals surface area contributed by atoms with Crippen LogP contribution in [0.25, 0.3) is 28.2 Å². The Labute approximate surface area is 207 Å². The molecule has 36 heavy (non-hydrogen) atoms. The average molecular weight is 486 g/mol. The summed E-state index contributed by atoms with van der Waals surface area (Å²) in [6.07, 6.45) is 1.78. The highest BCUT2D eigenvalue weighted by Crippen LogP contribution is 2.40. The Bertz CT molecular complexity index is 1590. The van der Waals surface area contributed by atoms with E-state index in [4.69, 9.17) is 15.2 Å². The quantitative estimate of drug-likeness (QED) is 0.364. The highest BCUT2D eigenvalue weighted by atomic mass is 16.5. The minimum absolute atomic E-state index is 0.215. The van der Waals surface area contributed by atoms with Gasteiger partial charge in [-0.15, -0.1) is 0 Å². The van der Waals surface area contributed by atoms with Crippen LogP contribution in [0.3, 0.4) is 0 Å². The number of aromatic amines is 1. The van der Waals surface area contributed by atoms with Crippen molar-refractivity contribution in [2.75, 3.05) is 7.11 Å². The van der Waals surface area contributed by atoms with E-state index in [1.807, 2.05) is 44.6 Å². The number of hydrogen-bond acceptors (Lipinski definition) is 5. The zero-order chi connectivity index (χ0) is 25.7. The fraction of sp³-hybridized carbons (Fsp3) is 0.222. The number of primary amides is 1. The topological polar surface area (TPSA) is 124 Å². The SMILES string of the molecule is COc1cc(C)c2[nH]c(-c3c(C)nn(C)c3C)c(C=C3Oc4ccc(CNC(N)=O)cc4C3=O)c2c1. The number of rotatable bonds is 5. The van der Waals surface area contributed by atoms with E-state index in [-0.39, 0.29) is 18.1 Å². The fourth-order valence-electron chi connectivity index (χ4n) is 4.73. The Morgan fingerprint density at radius 3 is 2.69 bits per heavy atom. The molecule has 2 amide bonds. The molecule has 0 saturated heterocycles. The standard InChI is InChI=1S/C27H27N5O4/c1-13-8-17(35-5)10-18-19(25(30-24(13)18)23-14(2)31-32(4)15(23)3)11-22-26(33)20-9-16(12-29-27(28)34)6-7-21(20)36-22/h6-11,30H,12H2,1-5H3,(H3,28,29,34). The number of aromatic nitrogens is 3. The van der Waals surface area contributed by atoms with E-state index < -0.39 is 6.03 Å². The second-order valence-corrected chi connectivity index (χ2v) is 8.94. The molecule has 0 atom stereocenters. The minimum atomic E-state index is -0.628. The molecule has 9 nitrogen and oxygen atoms in total. The van der Waals surface area contributed by atoms with Gasteiger partial charge < -0.3 is 25.5 Å². The molecule has 1 aliphatic heterocycles. The average Bonchev–Trinajstić information content (AvgIpc) is 3.44. The maximum atomic E-state index is 13.4. The minimum Gasteiger partial charge on any atom is -0.497 e. The van der Waals surface area contributed by atoms with Crippen molar-refractivity contribution in [1.29, 1.82) is 0 Å². The first-order chi connectivity index (χ1) is 17.2. The third kappa shape index (κ3) is 3.78. The Balaban J connectivity index is 1.67. The second kappa shape index (κ2) is 8.60. The number of amides is 2. The summed E-state index contributed by atoms with van der Waals surface area (Å²) in [5, 5.41) is 8.04. The van der Waals surface area contributed by atoms with Crippen molar-refractivity contribution in [2.24, 2.45) is 12.8 Å². The van der Waals surface area contributed by atoms with Crippen LogP contribution in [0.2, 0.25) is 0 Å². The number of benzene rings is 2. The Morgan fingerprint density at radius 1 is 1.25 bits per heavy atom. The predicted molar refractivity (Wildman–Crippen MR) is 137 cm³/mol. The number of allylic oxidation sites excluding steroid dienone is 1. The number of ether oxygens (including phenoxy) is 2. The Morgan fingerprint density at radius 2 is 2.03 bits per heavy atom. The number of aryl methyl sites for hydroxylation is 3. The number of nitrogens with two attached hydrogens (primary N) is 1. The lowest BCUT2D eigenvalue weighted by Crippen LogP contribution is -2.28. The molecular formula is C27H27N5O4. The zero-order valence-corrected chi connectivity index (χ0v) is 20.8. The molecule has 0 unspecified atom stereocenters. The van der Waals surface area contributed by atoms with Crippen LogP contribution in [-0.2, 0) is 13.6 Å². The largest absolute Gasteiger partial charge is 0.497 e. The summed E-state index contributed by atoms with van der Waals surface area (Å²) >= 11 is 0. The summed E-state index contributed by atoms with van der Waals surface area (Å²) in [5.74, 6) is 1.17. The number of carbonyl (C=O) groups excluding carboxylic acids is 2. The van der Waals surface area contributed by atoms with Crippen molar-refractivity contribution in [3.05, 3.63) is 69.7 Å². The lowest BCUT2D eigenvalue weighted by Gasteiger charge is -2.05. The third-order valence-electron chi connectivity index (χ3n) is 6.59. The van der Waals surface area contributed by atoms with Crippen LogP contribution >= 0.6 is 0 Å². The van der Waals surface area contributed by atoms with Gasteiger partial charge in [0.1, 0.15) is 11.5 Å². The maximum Gasteiger partial charge on any atom is 0.312 e. The van der Waals surface area contributed by atoms with Crippen LogP contribution in [0.4, 0.5) is 4.79 Å². The molecule has 0 bridgehead atoms. The number of hydrogen-bond donors (Lipinski definition) is 3. The first-order valence-electron chi connectivity index (χ1n) is 11.5. The molecule has 3 heterocycles. The predicted octanol–water partition coefficient (Wildman–Crippen LogP) is 4.29. The maximum absolute atomic E-state index is 13.4. The third-order valence-corrected chi connectivity index (χ3v) is 6.59. The molecule has 2 aromatic carbocycles. The number of carbonyl (C=O) groups is 2. The lowest BCUT2D eigenvalue weighted by atomic mass is 10.0. The van der Waals surface area contributed by atoms with Gasteiger partial charge in [-0.05, 0) is 62.2 Å². The normalized spacial score (nSPS) is 13.8. The van der Waals surface area contributed by atoms with Gasteiger partial charge in [0.15, 0.2) is 5.76 Å². The van der Waals surface area contributed by atoms with E-state index >= 15 is 0 Å². The lowest BCUT2D eigenvalue weighted by molar-refractivity contribution is 0.101. The van der Waals surface area contributed by atoms with E-state index in [1.165, 1.54) is 0 Å². The van der Waals surface area contributed by atoms with Gasteiger partial charge in [0.05, 0.1) is 24.1 Å². The van der Waals surface area contributed by atoms with Crippen molar-refractivity contribution in [2.45, 2.75) is 27.3 Å². The monoisotopic (exact) mass is 485 g/mol. The summed E-state index contributed by atoms with van der Waals surface area (Å²) in [6, 6.07) is 8.53. The van der Waals surface area contributed by atoms with Crippen LogP contribution in [-0.4, -0.2) is 33.7 Å². The van der Waals surface area contributed by atoms with E-state index in [1.54, 1.807) is 31.4 Å². The molecule has 0 radical (unpaired) electrons. The first-order valence-corrected chi connectivity index (χ1v) is 11.5. The number of urea groups is 1. The molecular weight excluding hydrogens is 458 g/mol. The summed E-state index contributed by atoms with van der Waals surface area (Å²) < 4.78 is 13.4. The zero-order valence-electron chi connectivity index (χ0n) is 20.8. The molecule has 4 aromatic rings. The van der Waals surface area contributed by atoms with E-state index in [0.29, 0.717) is 11.3 Å². The molecule has 2 aromatic heterocycles. The van der Waals surface area contributed by atoms with Crippen LogP contribution in [0.5, 0.6) is 11.5 Å². The number of ketones is 1. The van der Waals surface area contributed by atoms with Crippen molar-refractivity contribution in [1.82, 2.24) is 20.1 Å². The van der Waals surface area contributed by atoms with Crippen LogP contribution in [0.1, 0.15) is 38.4 Å². The number of Topliss-reactive ketones (excluding diaryl/α,β-unsaturated/α-hetero) is 1. The number of H-pyrrole nitrogens is 1. The van der Waals surface area contributed by atoms with Gasteiger partial charge in [0.25, 0.3) is 0 Å².